The summed E-state index contributed by atoms with van der Waals surface area (Å²) in [5.74, 6) is 0.674. The van der Waals surface area contributed by atoms with Crippen LogP contribution in [-0.4, -0.2) is 73.5 Å². The van der Waals surface area contributed by atoms with Gasteiger partial charge in [0.05, 0.1) is 31.6 Å². The van der Waals surface area contributed by atoms with Crippen LogP contribution in [-0.2, 0) is 20.9 Å². The van der Waals surface area contributed by atoms with Gasteiger partial charge in [-0.15, -0.1) is 0 Å². The first-order valence-electron chi connectivity index (χ1n) is 14.3. The Morgan fingerprint density at radius 1 is 1.10 bits per heavy atom. The molecule has 10 heteroatoms. The van der Waals surface area contributed by atoms with Crippen LogP contribution in [0.1, 0.15) is 67.8 Å². The lowest BCUT2D eigenvalue weighted by molar-refractivity contribution is -0.143. The summed E-state index contributed by atoms with van der Waals surface area (Å²) >= 11 is 0. The number of rotatable bonds is 11. The van der Waals surface area contributed by atoms with Gasteiger partial charge in [-0.25, -0.2) is 4.99 Å². The summed E-state index contributed by atoms with van der Waals surface area (Å²) in [6.45, 7) is 2.65. The second kappa shape index (κ2) is 14.5. The predicted molar refractivity (Wildman–Crippen MR) is 155 cm³/mol. The highest BCUT2D eigenvalue weighted by atomic mass is 16.5. The van der Waals surface area contributed by atoms with Gasteiger partial charge in [0.1, 0.15) is 18.0 Å². The Kier molecular flexibility index (Phi) is 10.6. The molecule has 10 nitrogen and oxygen atoms in total. The zero-order chi connectivity index (χ0) is 29.2. The average Bonchev–Trinajstić information content (AvgIpc) is 2.99. The van der Waals surface area contributed by atoms with Gasteiger partial charge in [0, 0.05) is 31.6 Å². The third kappa shape index (κ3) is 7.99. The third-order valence-corrected chi connectivity index (χ3v) is 7.46. The van der Waals surface area contributed by atoms with Gasteiger partial charge < -0.3 is 24.0 Å². The van der Waals surface area contributed by atoms with E-state index in [9.17, 15) is 14.4 Å². The fourth-order valence-electron chi connectivity index (χ4n) is 5.22. The molecule has 41 heavy (non-hydrogen) atoms. The molecule has 0 atom stereocenters. The maximum absolute atomic E-state index is 13.1. The Hall–Kier alpha value is -4.08. The molecule has 2 aromatic carbocycles. The number of carbonyl (C=O) groups excluding carboxylic acids is 3. The lowest BCUT2D eigenvalue weighted by Gasteiger charge is -2.31. The van der Waals surface area contributed by atoms with E-state index in [1.807, 2.05) is 30.1 Å². The lowest BCUT2D eigenvalue weighted by Crippen LogP contribution is -2.47. The number of nitrogens with one attached hydrogen (secondary N) is 1. The molecule has 220 valence electrons. The standard InChI is InChI=1S/C31H40N4O6/c1-4-40-29(37)21-35-20-22-19-24(41-18-10-15-28(36)34(2)23-11-6-5-7-12-23)16-17-26(22)32-31(35)33-30(38)25-13-8-9-14-27(25)39-3/h8-9,13-14,16-17,19,23H,4-7,10-12,15,18,20-21H2,1-3H3,(H,32,33,38). The van der Waals surface area contributed by atoms with Gasteiger partial charge >= 0.3 is 5.97 Å². The van der Waals surface area contributed by atoms with Gasteiger partial charge in [0.2, 0.25) is 11.9 Å². The van der Waals surface area contributed by atoms with Gasteiger partial charge in [-0.3, -0.25) is 19.7 Å². The minimum atomic E-state index is -0.426. The molecule has 0 unspecified atom stereocenters. The number of benzene rings is 2. The number of fused-ring (bicyclic) bond motifs is 1. The molecule has 0 saturated heterocycles. The number of esters is 1. The molecular weight excluding hydrogens is 524 g/mol. The highest BCUT2D eigenvalue weighted by molar-refractivity contribution is 6.08. The van der Waals surface area contributed by atoms with E-state index in [4.69, 9.17) is 14.2 Å². The van der Waals surface area contributed by atoms with Crippen molar-refractivity contribution in [2.75, 3.05) is 33.9 Å². The molecular formula is C31H40N4O6. The predicted octanol–water partition coefficient (Wildman–Crippen LogP) is 4.44. The summed E-state index contributed by atoms with van der Waals surface area (Å²) < 4.78 is 16.4. The minimum Gasteiger partial charge on any atom is -0.496 e. The van der Waals surface area contributed by atoms with E-state index in [0.29, 0.717) is 54.8 Å². The molecule has 0 aromatic heterocycles. The quantitative estimate of drug-likeness (QED) is 0.317. The molecule has 0 radical (unpaired) electrons. The summed E-state index contributed by atoms with van der Waals surface area (Å²) in [6.07, 6.45) is 6.91. The molecule has 0 spiro atoms. The highest BCUT2D eigenvalue weighted by Gasteiger charge is 2.26. The molecule has 1 N–H and O–H groups in total. The fraction of sp³-hybridized carbons (Fsp3) is 0.484. The van der Waals surface area contributed by atoms with Crippen LogP contribution in [0.2, 0.25) is 0 Å². The summed E-state index contributed by atoms with van der Waals surface area (Å²) in [4.78, 5) is 46.3. The summed E-state index contributed by atoms with van der Waals surface area (Å²) in [5, 5.41) is 2.83. The summed E-state index contributed by atoms with van der Waals surface area (Å²) in [5.41, 5.74) is 1.86. The topological polar surface area (TPSA) is 110 Å². The third-order valence-electron chi connectivity index (χ3n) is 7.46. The second-order valence-electron chi connectivity index (χ2n) is 10.3. The lowest BCUT2D eigenvalue weighted by atomic mass is 9.94. The van der Waals surface area contributed by atoms with E-state index in [-0.39, 0.29) is 25.0 Å². The molecule has 2 amide bonds. The maximum Gasteiger partial charge on any atom is 0.325 e. The molecule has 1 saturated carbocycles. The van der Waals surface area contributed by atoms with Crippen LogP contribution in [0.4, 0.5) is 5.69 Å². The van der Waals surface area contributed by atoms with Gasteiger partial charge in [-0.05, 0) is 56.5 Å². The van der Waals surface area contributed by atoms with Crippen LogP contribution in [0.15, 0.2) is 47.5 Å². The van der Waals surface area contributed by atoms with Crippen molar-refractivity contribution in [1.29, 1.82) is 0 Å². The van der Waals surface area contributed by atoms with Crippen LogP contribution < -0.4 is 14.8 Å². The monoisotopic (exact) mass is 564 g/mol. The molecule has 4 rings (SSSR count). The Morgan fingerprint density at radius 2 is 1.88 bits per heavy atom. The van der Waals surface area contributed by atoms with Crippen LogP contribution in [0.3, 0.4) is 0 Å². The van der Waals surface area contributed by atoms with Crippen molar-refractivity contribution < 1.29 is 28.6 Å². The van der Waals surface area contributed by atoms with Crippen molar-refractivity contribution in [2.24, 2.45) is 4.99 Å². The number of hydrogen-bond acceptors (Lipinski definition) is 8. The maximum atomic E-state index is 13.1. The van der Waals surface area contributed by atoms with E-state index < -0.39 is 11.9 Å². The number of carbonyl (C=O) groups is 3. The van der Waals surface area contributed by atoms with E-state index in [1.54, 1.807) is 36.1 Å². The van der Waals surface area contributed by atoms with Crippen LogP contribution in [0.25, 0.3) is 0 Å². The average molecular weight is 565 g/mol. The molecule has 1 fully saturated rings. The highest BCUT2D eigenvalue weighted by Crippen LogP contribution is 2.30. The molecule has 1 aliphatic heterocycles. The number of hydrogen-bond donors (Lipinski definition) is 1. The van der Waals surface area contributed by atoms with E-state index in [0.717, 1.165) is 18.4 Å². The number of ether oxygens (including phenoxy) is 3. The van der Waals surface area contributed by atoms with Crippen molar-refractivity contribution >= 4 is 29.4 Å². The Bertz CT molecular complexity index is 1260. The Balaban J connectivity index is 1.40. The largest absolute Gasteiger partial charge is 0.496 e. The van der Waals surface area contributed by atoms with Crippen LogP contribution >= 0.6 is 0 Å². The van der Waals surface area contributed by atoms with E-state index in [1.165, 1.54) is 26.4 Å². The SMILES string of the molecule is CCOC(=O)CN1Cc2cc(OCCCC(=O)N(C)C3CCCCC3)ccc2N=C1NC(=O)c1ccccc1OC. The molecule has 2 aliphatic rings. The smallest absolute Gasteiger partial charge is 0.325 e. The van der Waals surface area contributed by atoms with Gasteiger partial charge in [0.15, 0.2) is 0 Å². The first-order chi connectivity index (χ1) is 19.9. The number of aliphatic imine (C=N–C) groups is 1. The van der Waals surface area contributed by atoms with Gasteiger partial charge in [0.25, 0.3) is 5.91 Å². The van der Waals surface area contributed by atoms with Crippen molar-refractivity contribution in [3.05, 3.63) is 53.6 Å². The van der Waals surface area contributed by atoms with Crippen LogP contribution in [0, 0.1) is 0 Å². The first-order valence-corrected chi connectivity index (χ1v) is 14.3. The Labute approximate surface area is 241 Å². The molecule has 1 heterocycles. The number of guanidine groups is 1. The van der Waals surface area contributed by atoms with E-state index in [2.05, 4.69) is 10.3 Å². The van der Waals surface area contributed by atoms with Gasteiger partial charge in [-0.2, -0.15) is 0 Å². The van der Waals surface area contributed by atoms with Gasteiger partial charge in [-0.1, -0.05) is 31.4 Å². The first kappa shape index (κ1) is 29.9. The number of methoxy groups -OCH3 is 1. The fourth-order valence-corrected chi connectivity index (χ4v) is 5.22. The summed E-state index contributed by atoms with van der Waals surface area (Å²) in [6, 6.07) is 12.8. The number of amides is 2. The summed E-state index contributed by atoms with van der Waals surface area (Å²) in [7, 11) is 3.42. The zero-order valence-electron chi connectivity index (χ0n) is 24.2. The second-order valence-corrected chi connectivity index (χ2v) is 10.3. The number of para-hydroxylation sites is 1. The van der Waals surface area contributed by atoms with Crippen molar-refractivity contribution in [2.45, 2.75) is 64.5 Å². The minimum absolute atomic E-state index is 0.0833. The Morgan fingerprint density at radius 3 is 2.63 bits per heavy atom. The van der Waals surface area contributed by atoms with E-state index >= 15 is 0 Å². The van der Waals surface area contributed by atoms with Crippen LogP contribution in [0.5, 0.6) is 11.5 Å². The molecule has 0 bridgehead atoms. The molecule has 2 aromatic rings. The van der Waals surface area contributed by atoms with Crippen molar-refractivity contribution in [1.82, 2.24) is 15.1 Å². The number of nitrogens with zero attached hydrogens (tertiary/aromatic N) is 3. The van der Waals surface area contributed by atoms with Crippen molar-refractivity contribution in [3.63, 3.8) is 0 Å². The van der Waals surface area contributed by atoms with Crippen molar-refractivity contribution in [3.8, 4) is 11.5 Å². The molecule has 1 aliphatic carbocycles. The zero-order valence-corrected chi connectivity index (χ0v) is 24.2. The normalized spacial score (nSPS) is 14.9.